The van der Waals surface area contributed by atoms with E-state index in [1.807, 2.05) is 80.6 Å². The number of allylic oxidation sites excluding steroid dienone is 2. The van der Waals surface area contributed by atoms with Crippen LogP contribution in [0, 0.1) is 25.7 Å². The number of carbonyl (C=O) groups excluding carboxylic acids is 2. The molecule has 3 aromatic rings. The number of nitrogens with one attached hydrogen (secondary N) is 2. The van der Waals surface area contributed by atoms with E-state index in [4.69, 9.17) is 0 Å². The van der Waals surface area contributed by atoms with Gasteiger partial charge in [-0.25, -0.2) is 0 Å². The van der Waals surface area contributed by atoms with Crippen LogP contribution < -0.4 is 10.6 Å². The van der Waals surface area contributed by atoms with Gasteiger partial charge in [-0.15, -0.1) is 11.8 Å². The molecule has 0 aromatic heterocycles. The third-order valence-corrected chi connectivity index (χ3v) is 7.56. The summed E-state index contributed by atoms with van der Waals surface area (Å²) in [5, 5.41) is 14.9. The molecule has 0 aliphatic heterocycles. The van der Waals surface area contributed by atoms with Gasteiger partial charge in [0.2, 0.25) is 11.8 Å². The Bertz CT molecular complexity index is 1280. The summed E-state index contributed by atoms with van der Waals surface area (Å²) in [7, 11) is 0. The molecule has 0 heterocycles. The number of aryl methyl sites for hydroxylation is 2. The second-order valence-electron chi connectivity index (χ2n) is 9.28. The molecule has 0 spiro atoms. The molecule has 0 bridgehead atoms. The molecular formula is C30H30N2O4S. The van der Waals surface area contributed by atoms with Crippen LogP contribution in [0.4, 0.5) is 11.4 Å². The van der Waals surface area contributed by atoms with Crippen molar-refractivity contribution in [1.82, 2.24) is 0 Å². The van der Waals surface area contributed by atoms with Crippen molar-refractivity contribution in [3.8, 4) is 0 Å². The summed E-state index contributed by atoms with van der Waals surface area (Å²) in [4.78, 5) is 38.6. The highest BCUT2D eigenvalue weighted by molar-refractivity contribution is 8.00. The standard InChI is InChI=1S/C30H30N2O4S/c1-19-16-20(2)18-23(17-19)32-29(34)27(21-8-4-3-5-9-21)37-24-14-12-22(13-15-24)31-28(33)25-10-6-7-11-26(25)30(35)36/h3-9,12-18,25-27H,10-11H2,1-2H3,(H,31,33)(H,32,34)(H,35,36). The van der Waals surface area contributed by atoms with Gasteiger partial charge in [-0.2, -0.15) is 0 Å². The number of carboxylic acids is 1. The first kappa shape index (κ1) is 26.2. The molecule has 3 aromatic carbocycles. The van der Waals surface area contributed by atoms with E-state index in [2.05, 4.69) is 16.7 Å². The second-order valence-corrected chi connectivity index (χ2v) is 10.5. The van der Waals surface area contributed by atoms with E-state index in [0.717, 1.165) is 27.3 Å². The largest absolute Gasteiger partial charge is 0.481 e. The summed E-state index contributed by atoms with van der Waals surface area (Å²) in [5.74, 6) is -2.70. The minimum atomic E-state index is -0.956. The van der Waals surface area contributed by atoms with E-state index in [1.165, 1.54) is 11.8 Å². The number of rotatable bonds is 8. The van der Waals surface area contributed by atoms with Crippen molar-refractivity contribution in [3.05, 3.63) is 102 Å². The Morgan fingerprint density at radius 3 is 2.05 bits per heavy atom. The summed E-state index contributed by atoms with van der Waals surface area (Å²) >= 11 is 1.43. The van der Waals surface area contributed by atoms with Gasteiger partial charge in [0.05, 0.1) is 11.8 Å². The van der Waals surface area contributed by atoms with Crippen LogP contribution in [0.5, 0.6) is 0 Å². The predicted molar refractivity (Wildman–Crippen MR) is 148 cm³/mol. The van der Waals surface area contributed by atoms with Gasteiger partial charge in [0.15, 0.2) is 0 Å². The SMILES string of the molecule is Cc1cc(C)cc(NC(=O)C(Sc2ccc(NC(=O)C3CC=CCC3C(=O)O)cc2)c2ccccc2)c1. The quantitative estimate of drug-likeness (QED) is 0.239. The molecule has 37 heavy (non-hydrogen) atoms. The van der Waals surface area contributed by atoms with Crippen molar-refractivity contribution in [2.75, 3.05) is 10.6 Å². The fraction of sp³-hybridized carbons (Fsp3) is 0.233. The Labute approximate surface area is 221 Å². The molecule has 4 rings (SSSR count). The maximum absolute atomic E-state index is 13.4. The average molecular weight is 515 g/mol. The van der Waals surface area contributed by atoms with Crippen LogP contribution in [0.15, 0.2) is 89.8 Å². The highest BCUT2D eigenvalue weighted by Gasteiger charge is 2.34. The number of thioether (sulfide) groups is 1. The molecule has 1 aliphatic rings. The fourth-order valence-corrected chi connectivity index (χ4v) is 5.54. The molecular weight excluding hydrogens is 484 g/mol. The first-order valence-corrected chi connectivity index (χ1v) is 13.1. The monoisotopic (exact) mass is 514 g/mol. The molecule has 190 valence electrons. The molecule has 3 atom stereocenters. The Balaban J connectivity index is 1.47. The number of anilines is 2. The normalized spacial score (nSPS) is 17.6. The first-order chi connectivity index (χ1) is 17.8. The summed E-state index contributed by atoms with van der Waals surface area (Å²) in [6, 6.07) is 22.8. The summed E-state index contributed by atoms with van der Waals surface area (Å²) in [5.41, 5.74) is 4.40. The second kappa shape index (κ2) is 11.9. The van der Waals surface area contributed by atoms with Crippen molar-refractivity contribution >= 4 is 40.9 Å². The lowest BCUT2D eigenvalue weighted by atomic mass is 9.82. The Hall–Kier alpha value is -3.84. The van der Waals surface area contributed by atoms with Crippen molar-refractivity contribution in [2.24, 2.45) is 11.8 Å². The van der Waals surface area contributed by atoms with Gasteiger partial charge in [-0.3, -0.25) is 14.4 Å². The van der Waals surface area contributed by atoms with E-state index in [0.29, 0.717) is 18.5 Å². The van der Waals surface area contributed by atoms with Gasteiger partial charge in [-0.05, 0) is 79.8 Å². The third kappa shape index (κ3) is 6.89. The summed E-state index contributed by atoms with van der Waals surface area (Å²) in [6.07, 6.45) is 4.43. The Morgan fingerprint density at radius 1 is 0.811 bits per heavy atom. The molecule has 3 unspecified atom stereocenters. The molecule has 2 amide bonds. The van der Waals surface area contributed by atoms with Crippen molar-refractivity contribution in [2.45, 2.75) is 36.8 Å². The van der Waals surface area contributed by atoms with E-state index < -0.39 is 23.1 Å². The topological polar surface area (TPSA) is 95.5 Å². The van der Waals surface area contributed by atoms with E-state index in [1.54, 1.807) is 12.1 Å². The lowest BCUT2D eigenvalue weighted by Gasteiger charge is -2.24. The molecule has 7 heteroatoms. The molecule has 1 aliphatic carbocycles. The minimum absolute atomic E-state index is 0.122. The van der Waals surface area contributed by atoms with Crippen LogP contribution in [0.25, 0.3) is 0 Å². The molecule has 0 saturated carbocycles. The number of amides is 2. The highest BCUT2D eigenvalue weighted by atomic mass is 32.2. The maximum Gasteiger partial charge on any atom is 0.307 e. The smallest absolute Gasteiger partial charge is 0.307 e. The van der Waals surface area contributed by atoms with Gasteiger partial charge in [-0.1, -0.05) is 48.6 Å². The van der Waals surface area contributed by atoms with Crippen LogP contribution in [0.1, 0.15) is 34.8 Å². The third-order valence-electron chi connectivity index (χ3n) is 6.29. The average Bonchev–Trinajstić information content (AvgIpc) is 2.88. The lowest BCUT2D eigenvalue weighted by Crippen LogP contribution is -2.34. The van der Waals surface area contributed by atoms with Gasteiger partial charge in [0, 0.05) is 16.3 Å². The zero-order chi connectivity index (χ0) is 26.4. The van der Waals surface area contributed by atoms with Gasteiger partial charge in [0.25, 0.3) is 0 Å². The molecule has 6 nitrogen and oxygen atoms in total. The molecule has 3 N–H and O–H groups in total. The summed E-state index contributed by atoms with van der Waals surface area (Å²) in [6.45, 7) is 4.00. The Kier molecular flexibility index (Phi) is 8.46. The van der Waals surface area contributed by atoms with Crippen molar-refractivity contribution < 1.29 is 19.5 Å². The number of aliphatic carboxylic acids is 1. The van der Waals surface area contributed by atoms with E-state index in [9.17, 15) is 19.5 Å². The van der Waals surface area contributed by atoms with Crippen LogP contribution in [-0.4, -0.2) is 22.9 Å². The Morgan fingerprint density at radius 2 is 1.43 bits per heavy atom. The highest BCUT2D eigenvalue weighted by Crippen LogP contribution is 2.37. The van der Waals surface area contributed by atoms with E-state index >= 15 is 0 Å². The van der Waals surface area contributed by atoms with Gasteiger partial charge in [0.1, 0.15) is 5.25 Å². The van der Waals surface area contributed by atoms with Crippen LogP contribution >= 0.6 is 11.8 Å². The van der Waals surface area contributed by atoms with Crippen LogP contribution in [-0.2, 0) is 14.4 Å². The number of carboxylic acid groups (broad SMARTS) is 1. The number of benzene rings is 3. The lowest BCUT2D eigenvalue weighted by molar-refractivity contribution is -0.146. The molecule has 0 radical (unpaired) electrons. The van der Waals surface area contributed by atoms with Crippen molar-refractivity contribution in [1.29, 1.82) is 0 Å². The van der Waals surface area contributed by atoms with E-state index in [-0.39, 0.29) is 11.8 Å². The number of carbonyl (C=O) groups is 3. The fourth-order valence-electron chi connectivity index (χ4n) is 4.52. The van der Waals surface area contributed by atoms with Crippen molar-refractivity contribution in [3.63, 3.8) is 0 Å². The zero-order valence-electron chi connectivity index (χ0n) is 20.8. The zero-order valence-corrected chi connectivity index (χ0v) is 21.6. The molecule has 0 saturated heterocycles. The van der Waals surface area contributed by atoms with Gasteiger partial charge >= 0.3 is 5.97 Å². The molecule has 0 fully saturated rings. The first-order valence-electron chi connectivity index (χ1n) is 12.2. The van der Waals surface area contributed by atoms with Crippen LogP contribution in [0.3, 0.4) is 0 Å². The number of hydrogen-bond acceptors (Lipinski definition) is 4. The minimum Gasteiger partial charge on any atom is -0.481 e. The van der Waals surface area contributed by atoms with Crippen LogP contribution in [0.2, 0.25) is 0 Å². The maximum atomic E-state index is 13.4. The number of hydrogen-bond donors (Lipinski definition) is 3. The van der Waals surface area contributed by atoms with Gasteiger partial charge < -0.3 is 15.7 Å². The summed E-state index contributed by atoms with van der Waals surface area (Å²) < 4.78 is 0. The predicted octanol–water partition coefficient (Wildman–Crippen LogP) is 6.38.